The first-order valence-corrected chi connectivity index (χ1v) is 21.7. The quantitative estimate of drug-likeness (QED) is 0.160. The molecule has 0 unspecified atom stereocenters. The Morgan fingerprint density at radius 2 is 0.833 bits per heavy atom. The Bertz CT molecular complexity index is 3900. The lowest BCUT2D eigenvalue weighted by Gasteiger charge is -2.19. The Labute approximate surface area is 378 Å². The number of aromatic nitrogens is 4. The molecular weight excluding hydrogens is 817 g/mol. The van der Waals surface area contributed by atoms with Gasteiger partial charge in [0.05, 0.1) is 56.0 Å². The van der Waals surface area contributed by atoms with Crippen LogP contribution in [-0.4, -0.2) is 19.1 Å². The zero-order valence-corrected chi connectivity index (χ0v) is 35.2. The lowest BCUT2D eigenvalue weighted by Crippen LogP contribution is -2.05. The standard InChI is InChI=1S/C59H35F2N5/c60-49-18-11-19-50(61)59(49)48-35-57(65-53-20-9-7-16-44(53)46-30-39(22-24-55(46)65)41-26-28-63-51(32-41)37-12-3-1-4-13-37)43(36-62)34-58(48)66-54-21-10-8-17-45(54)47-31-40(23-25-56(47)66)42-27-29-64-52(33-42)38-14-5-2-6-15-38/h1-35H. The highest BCUT2D eigenvalue weighted by Crippen LogP contribution is 2.43. The molecule has 0 atom stereocenters. The van der Waals surface area contributed by atoms with Crippen LogP contribution in [0, 0.1) is 23.0 Å². The van der Waals surface area contributed by atoms with E-state index in [0.29, 0.717) is 22.5 Å². The van der Waals surface area contributed by atoms with Crippen molar-refractivity contribution in [1.29, 1.82) is 5.26 Å². The molecule has 4 heterocycles. The van der Waals surface area contributed by atoms with Crippen LogP contribution >= 0.6 is 0 Å². The van der Waals surface area contributed by atoms with Gasteiger partial charge in [-0.2, -0.15) is 5.26 Å². The molecule has 4 aromatic heterocycles. The summed E-state index contributed by atoms with van der Waals surface area (Å²) in [5, 5.41) is 15.0. The number of pyridine rings is 2. The Morgan fingerprint density at radius 1 is 0.379 bits per heavy atom. The van der Waals surface area contributed by atoms with E-state index in [1.807, 2.05) is 137 Å². The molecule has 0 saturated carbocycles. The Kier molecular flexibility index (Phi) is 9.18. The van der Waals surface area contributed by atoms with E-state index in [1.165, 1.54) is 18.2 Å². The van der Waals surface area contributed by atoms with Crippen molar-refractivity contribution >= 4 is 43.6 Å². The van der Waals surface area contributed by atoms with E-state index in [0.717, 1.165) is 88.4 Å². The van der Waals surface area contributed by atoms with Crippen LogP contribution in [-0.2, 0) is 0 Å². The molecule has 310 valence electrons. The number of nitriles is 1. The minimum atomic E-state index is -0.707. The summed E-state index contributed by atoms with van der Waals surface area (Å²) in [4.78, 5) is 9.30. The highest BCUT2D eigenvalue weighted by molar-refractivity contribution is 6.12. The van der Waals surface area contributed by atoms with Gasteiger partial charge in [-0.05, 0) is 107 Å². The van der Waals surface area contributed by atoms with Gasteiger partial charge in [0.1, 0.15) is 17.7 Å². The number of hydrogen-bond donors (Lipinski definition) is 0. The second kappa shape index (κ2) is 15.7. The minimum absolute atomic E-state index is 0.180. The van der Waals surface area contributed by atoms with Gasteiger partial charge in [-0.1, -0.05) is 115 Å². The van der Waals surface area contributed by atoms with E-state index < -0.39 is 11.6 Å². The van der Waals surface area contributed by atoms with Crippen LogP contribution in [0.15, 0.2) is 213 Å². The first kappa shape index (κ1) is 38.7. The first-order valence-electron chi connectivity index (χ1n) is 21.7. The summed E-state index contributed by atoms with van der Waals surface area (Å²) in [7, 11) is 0. The molecule has 12 rings (SSSR count). The van der Waals surface area contributed by atoms with E-state index in [-0.39, 0.29) is 5.56 Å². The van der Waals surface area contributed by atoms with Gasteiger partial charge < -0.3 is 9.13 Å². The third-order valence-corrected chi connectivity index (χ3v) is 12.6. The van der Waals surface area contributed by atoms with Crippen molar-refractivity contribution < 1.29 is 8.78 Å². The SMILES string of the molecule is N#Cc1cc(-n2c3ccccc3c3cc(-c4ccnc(-c5ccccc5)c4)ccc32)c(-c2c(F)cccc2F)cc1-n1c2ccccc2c2cc(-c3ccnc(-c4ccccc4)c3)ccc21. The summed E-state index contributed by atoms with van der Waals surface area (Å²) in [6, 6.07) is 66.9. The molecule has 7 heteroatoms. The molecule has 0 aliphatic carbocycles. The summed E-state index contributed by atoms with van der Waals surface area (Å²) in [5.41, 5.74) is 12.6. The lowest BCUT2D eigenvalue weighted by atomic mass is 9.98. The Hall–Kier alpha value is -8.99. The minimum Gasteiger partial charge on any atom is -0.309 e. The van der Waals surface area contributed by atoms with Crippen molar-refractivity contribution in [1.82, 2.24) is 19.1 Å². The number of para-hydroxylation sites is 2. The Balaban J connectivity index is 1.08. The van der Waals surface area contributed by atoms with Crippen LogP contribution < -0.4 is 0 Å². The number of hydrogen-bond acceptors (Lipinski definition) is 3. The third kappa shape index (κ3) is 6.35. The number of rotatable bonds is 7. The van der Waals surface area contributed by atoms with Crippen LogP contribution in [0.5, 0.6) is 0 Å². The van der Waals surface area contributed by atoms with Gasteiger partial charge >= 0.3 is 0 Å². The molecular formula is C59H35F2N5. The summed E-state index contributed by atoms with van der Waals surface area (Å²) in [6.07, 6.45) is 3.65. The predicted octanol–water partition coefficient (Wildman–Crippen LogP) is 15.2. The van der Waals surface area contributed by atoms with Gasteiger partial charge in [0.15, 0.2) is 0 Å². The van der Waals surface area contributed by atoms with Crippen molar-refractivity contribution in [2.75, 3.05) is 0 Å². The van der Waals surface area contributed by atoms with E-state index >= 15 is 8.78 Å². The monoisotopic (exact) mass is 851 g/mol. The number of halogens is 2. The fraction of sp³-hybridized carbons (Fsp3) is 0. The maximum Gasteiger partial charge on any atom is 0.134 e. The highest BCUT2D eigenvalue weighted by atomic mass is 19.1. The average molecular weight is 852 g/mol. The van der Waals surface area contributed by atoms with Crippen molar-refractivity contribution in [3.8, 4) is 73.3 Å². The van der Waals surface area contributed by atoms with E-state index in [2.05, 4.69) is 70.6 Å². The predicted molar refractivity (Wildman–Crippen MR) is 263 cm³/mol. The fourth-order valence-corrected chi connectivity index (χ4v) is 9.57. The van der Waals surface area contributed by atoms with Crippen molar-refractivity contribution in [3.63, 3.8) is 0 Å². The largest absolute Gasteiger partial charge is 0.309 e. The van der Waals surface area contributed by atoms with E-state index in [9.17, 15) is 5.26 Å². The summed E-state index contributed by atoms with van der Waals surface area (Å²) >= 11 is 0. The topological polar surface area (TPSA) is 59.4 Å². The normalized spacial score (nSPS) is 11.5. The third-order valence-electron chi connectivity index (χ3n) is 12.6. The van der Waals surface area contributed by atoms with Crippen molar-refractivity contribution in [2.24, 2.45) is 0 Å². The lowest BCUT2D eigenvalue weighted by molar-refractivity contribution is 0.589. The summed E-state index contributed by atoms with van der Waals surface area (Å²) < 4.78 is 36.8. The second-order valence-electron chi connectivity index (χ2n) is 16.4. The van der Waals surface area contributed by atoms with Crippen LogP contribution in [0.1, 0.15) is 5.56 Å². The van der Waals surface area contributed by atoms with Gasteiger partial charge in [-0.3, -0.25) is 9.97 Å². The maximum absolute atomic E-state index is 16.4. The summed E-state index contributed by atoms with van der Waals surface area (Å²) in [6.45, 7) is 0. The molecule has 66 heavy (non-hydrogen) atoms. The van der Waals surface area contributed by atoms with Gasteiger partial charge in [0, 0.05) is 50.6 Å². The molecule has 0 amide bonds. The van der Waals surface area contributed by atoms with Gasteiger partial charge in [0.2, 0.25) is 0 Å². The van der Waals surface area contributed by atoms with Crippen LogP contribution in [0.3, 0.4) is 0 Å². The fourth-order valence-electron chi connectivity index (χ4n) is 9.57. The molecule has 0 bridgehead atoms. The van der Waals surface area contributed by atoms with Gasteiger partial charge in [-0.15, -0.1) is 0 Å². The van der Waals surface area contributed by atoms with Gasteiger partial charge in [-0.25, -0.2) is 8.78 Å². The van der Waals surface area contributed by atoms with E-state index in [1.54, 1.807) is 12.1 Å². The molecule has 0 aliphatic rings. The molecule has 0 aliphatic heterocycles. The molecule has 0 fully saturated rings. The number of benzene rings is 8. The molecule has 0 saturated heterocycles. The van der Waals surface area contributed by atoms with Crippen LogP contribution in [0.25, 0.3) is 111 Å². The highest BCUT2D eigenvalue weighted by Gasteiger charge is 2.25. The smallest absolute Gasteiger partial charge is 0.134 e. The first-order chi connectivity index (χ1) is 32.5. The maximum atomic E-state index is 16.4. The Morgan fingerprint density at radius 3 is 1.35 bits per heavy atom. The summed E-state index contributed by atoms with van der Waals surface area (Å²) in [5.74, 6) is -1.41. The molecule has 0 radical (unpaired) electrons. The molecule has 0 N–H and O–H groups in total. The molecule has 8 aromatic carbocycles. The zero-order chi connectivity index (χ0) is 44.3. The second-order valence-corrected chi connectivity index (χ2v) is 16.4. The van der Waals surface area contributed by atoms with Crippen LogP contribution in [0.4, 0.5) is 8.78 Å². The van der Waals surface area contributed by atoms with Gasteiger partial charge in [0.25, 0.3) is 0 Å². The van der Waals surface area contributed by atoms with Crippen molar-refractivity contribution in [2.45, 2.75) is 0 Å². The number of fused-ring (bicyclic) bond motifs is 6. The van der Waals surface area contributed by atoms with E-state index in [4.69, 9.17) is 0 Å². The van der Waals surface area contributed by atoms with Crippen LogP contribution in [0.2, 0.25) is 0 Å². The molecule has 5 nitrogen and oxygen atoms in total. The molecule has 12 aromatic rings. The average Bonchev–Trinajstić information content (AvgIpc) is 3.89. The zero-order valence-electron chi connectivity index (χ0n) is 35.2. The van der Waals surface area contributed by atoms with Crippen molar-refractivity contribution in [3.05, 3.63) is 230 Å². The molecule has 0 spiro atoms. The number of nitrogens with zero attached hydrogens (tertiary/aromatic N) is 5.